The van der Waals surface area contributed by atoms with E-state index in [-0.39, 0.29) is 0 Å². The van der Waals surface area contributed by atoms with E-state index in [2.05, 4.69) is 55.1 Å². The molecular formula is C14H30BrOSi. The van der Waals surface area contributed by atoms with Gasteiger partial charge in [0.2, 0.25) is 0 Å². The van der Waals surface area contributed by atoms with Crippen LogP contribution in [0.2, 0.25) is 18.1 Å². The summed E-state index contributed by atoms with van der Waals surface area (Å²) in [5.41, 5.74) is 0. The van der Waals surface area contributed by atoms with Crippen molar-refractivity contribution in [3.63, 3.8) is 0 Å². The standard InChI is InChI=1S/C14H30BrOSi/c1-14(2,3)17(4,5)16-13-11-9-7-6-8-10-12-15/h12H,6-11,13H2,1-5H3. The second-order valence-corrected chi connectivity index (χ2v) is 11.8. The Morgan fingerprint density at radius 1 is 1.00 bits per heavy atom. The van der Waals surface area contributed by atoms with E-state index in [1.807, 2.05) is 0 Å². The van der Waals surface area contributed by atoms with Crippen molar-refractivity contribution in [1.29, 1.82) is 0 Å². The third kappa shape index (κ3) is 8.39. The molecule has 1 radical (unpaired) electrons. The first-order valence-electron chi connectivity index (χ1n) is 6.87. The highest BCUT2D eigenvalue weighted by molar-refractivity contribution is 9.10. The van der Waals surface area contributed by atoms with E-state index in [0.29, 0.717) is 5.04 Å². The highest BCUT2D eigenvalue weighted by atomic mass is 79.9. The van der Waals surface area contributed by atoms with Gasteiger partial charge in [-0.25, -0.2) is 0 Å². The molecule has 0 rings (SSSR count). The van der Waals surface area contributed by atoms with Gasteiger partial charge in [0.15, 0.2) is 8.32 Å². The van der Waals surface area contributed by atoms with E-state index < -0.39 is 8.32 Å². The fourth-order valence-corrected chi connectivity index (χ4v) is 2.81. The molecule has 0 saturated carbocycles. The van der Waals surface area contributed by atoms with Gasteiger partial charge in [-0.3, -0.25) is 0 Å². The SMILES string of the molecule is CC(C)(C)[Si](C)(C)OCCCCCCC[CH]Br. The monoisotopic (exact) mass is 321 g/mol. The Morgan fingerprint density at radius 2 is 1.53 bits per heavy atom. The zero-order valence-corrected chi connectivity index (χ0v) is 14.9. The van der Waals surface area contributed by atoms with E-state index in [0.717, 1.165) is 6.61 Å². The quantitative estimate of drug-likeness (QED) is 0.379. The lowest BCUT2D eigenvalue weighted by molar-refractivity contribution is 0.277. The second kappa shape index (κ2) is 8.71. The predicted octanol–water partition coefficient (Wildman–Crippen LogP) is 5.91. The zero-order valence-electron chi connectivity index (χ0n) is 12.3. The number of halogens is 1. The van der Waals surface area contributed by atoms with Crippen molar-refractivity contribution in [2.45, 2.75) is 77.4 Å². The number of unbranched alkanes of at least 4 members (excludes halogenated alkanes) is 5. The first kappa shape index (κ1) is 17.7. The molecule has 0 aliphatic carbocycles. The van der Waals surface area contributed by atoms with Gasteiger partial charge in [0.05, 0.1) is 0 Å². The summed E-state index contributed by atoms with van der Waals surface area (Å²) in [5, 5.41) is 2.42. The van der Waals surface area contributed by atoms with Crippen LogP contribution in [-0.2, 0) is 4.43 Å². The van der Waals surface area contributed by atoms with Crippen LogP contribution in [0.25, 0.3) is 0 Å². The number of rotatable bonds is 9. The van der Waals surface area contributed by atoms with Crippen LogP contribution in [0.3, 0.4) is 0 Å². The van der Waals surface area contributed by atoms with E-state index in [9.17, 15) is 0 Å². The Bertz CT molecular complexity index is 187. The Balaban J connectivity index is 3.46. The lowest BCUT2D eigenvalue weighted by atomic mass is 10.1. The molecule has 17 heavy (non-hydrogen) atoms. The van der Waals surface area contributed by atoms with Gasteiger partial charge >= 0.3 is 0 Å². The summed E-state index contributed by atoms with van der Waals surface area (Å²) >= 11 is 3.34. The summed E-state index contributed by atoms with van der Waals surface area (Å²) in [6.07, 6.45) is 7.75. The Morgan fingerprint density at radius 3 is 2.06 bits per heavy atom. The third-order valence-corrected chi connectivity index (χ3v) is 8.72. The van der Waals surface area contributed by atoms with Gasteiger partial charge in [0.1, 0.15) is 0 Å². The Kier molecular flexibility index (Phi) is 9.04. The van der Waals surface area contributed by atoms with Crippen molar-refractivity contribution in [3.05, 3.63) is 5.33 Å². The summed E-state index contributed by atoms with van der Waals surface area (Å²) < 4.78 is 6.15. The van der Waals surface area contributed by atoms with E-state index in [1.54, 1.807) is 0 Å². The lowest BCUT2D eigenvalue weighted by Gasteiger charge is -2.36. The average Bonchev–Trinajstić information content (AvgIpc) is 2.20. The normalized spacial score (nSPS) is 13.1. The summed E-state index contributed by atoms with van der Waals surface area (Å²) in [6.45, 7) is 12.5. The predicted molar refractivity (Wildman–Crippen MR) is 84.1 cm³/mol. The first-order valence-corrected chi connectivity index (χ1v) is 10.7. The van der Waals surface area contributed by atoms with Crippen LogP contribution in [0.15, 0.2) is 0 Å². The molecule has 0 aliphatic rings. The number of hydrogen-bond donors (Lipinski definition) is 0. The first-order chi connectivity index (χ1) is 7.81. The minimum atomic E-state index is -1.50. The molecule has 0 N–H and O–H groups in total. The van der Waals surface area contributed by atoms with Crippen LogP contribution >= 0.6 is 15.9 Å². The topological polar surface area (TPSA) is 9.23 Å². The molecule has 3 heteroatoms. The van der Waals surface area contributed by atoms with Gasteiger partial charge in [0, 0.05) is 11.9 Å². The zero-order chi connectivity index (χ0) is 13.4. The summed E-state index contributed by atoms with van der Waals surface area (Å²) in [4.78, 5) is 0. The summed E-state index contributed by atoms with van der Waals surface area (Å²) in [7, 11) is -1.50. The second-order valence-electron chi connectivity index (χ2n) is 6.32. The van der Waals surface area contributed by atoms with E-state index in [1.165, 1.54) is 38.5 Å². The molecular weight excluding hydrogens is 292 g/mol. The van der Waals surface area contributed by atoms with Crippen LogP contribution in [0.4, 0.5) is 0 Å². The lowest BCUT2D eigenvalue weighted by Crippen LogP contribution is -2.40. The van der Waals surface area contributed by atoms with Gasteiger partial charge in [0.25, 0.3) is 0 Å². The minimum Gasteiger partial charge on any atom is -0.417 e. The van der Waals surface area contributed by atoms with Gasteiger partial charge in [-0.1, -0.05) is 62.4 Å². The van der Waals surface area contributed by atoms with Gasteiger partial charge in [-0.15, -0.1) is 0 Å². The molecule has 0 aliphatic heterocycles. The molecule has 0 saturated heterocycles. The molecule has 0 unspecified atom stereocenters. The van der Waals surface area contributed by atoms with Crippen LogP contribution in [0, 0.1) is 5.33 Å². The molecule has 0 atom stereocenters. The van der Waals surface area contributed by atoms with Gasteiger partial charge in [-0.2, -0.15) is 0 Å². The van der Waals surface area contributed by atoms with Gasteiger partial charge in [-0.05, 0) is 31.0 Å². The fourth-order valence-electron chi connectivity index (χ4n) is 1.40. The highest BCUT2D eigenvalue weighted by Crippen LogP contribution is 2.36. The maximum atomic E-state index is 6.15. The Hall–Kier alpha value is 0.657. The average molecular weight is 322 g/mol. The molecule has 0 aromatic heterocycles. The largest absolute Gasteiger partial charge is 0.417 e. The molecule has 0 aromatic carbocycles. The van der Waals surface area contributed by atoms with Crippen LogP contribution in [0.1, 0.15) is 59.3 Å². The summed E-state index contributed by atoms with van der Waals surface area (Å²) in [6, 6.07) is 0. The van der Waals surface area contributed by atoms with Crippen molar-refractivity contribution < 1.29 is 4.43 Å². The van der Waals surface area contributed by atoms with Crippen molar-refractivity contribution in [1.82, 2.24) is 0 Å². The molecule has 0 bridgehead atoms. The van der Waals surface area contributed by atoms with Crippen LogP contribution < -0.4 is 0 Å². The summed E-state index contributed by atoms with van der Waals surface area (Å²) in [5.74, 6) is 0. The van der Waals surface area contributed by atoms with Crippen molar-refractivity contribution in [2.75, 3.05) is 6.61 Å². The minimum absolute atomic E-state index is 0.346. The molecule has 0 amide bonds. The molecule has 0 spiro atoms. The van der Waals surface area contributed by atoms with E-state index >= 15 is 0 Å². The molecule has 0 aromatic rings. The van der Waals surface area contributed by atoms with Crippen molar-refractivity contribution in [2.24, 2.45) is 0 Å². The molecule has 0 fully saturated rings. The smallest absolute Gasteiger partial charge is 0.191 e. The molecule has 0 heterocycles. The van der Waals surface area contributed by atoms with Crippen LogP contribution in [0.5, 0.6) is 0 Å². The Labute approximate surface area is 118 Å². The number of hydrogen-bond acceptors (Lipinski definition) is 1. The van der Waals surface area contributed by atoms with Gasteiger partial charge < -0.3 is 4.43 Å². The van der Waals surface area contributed by atoms with Crippen molar-refractivity contribution >= 4 is 24.2 Å². The highest BCUT2D eigenvalue weighted by Gasteiger charge is 2.36. The van der Waals surface area contributed by atoms with Crippen molar-refractivity contribution in [3.8, 4) is 0 Å². The third-order valence-electron chi connectivity index (χ3n) is 3.73. The maximum absolute atomic E-state index is 6.15. The van der Waals surface area contributed by atoms with E-state index in [4.69, 9.17) is 4.43 Å². The molecule has 1 nitrogen and oxygen atoms in total. The molecule has 103 valence electrons. The van der Waals surface area contributed by atoms with Crippen LogP contribution in [-0.4, -0.2) is 14.9 Å². The fraction of sp³-hybridized carbons (Fsp3) is 0.929. The maximum Gasteiger partial charge on any atom is 0.191 e.